The SMILES string of the molecule is COC(=O)c1ccc(NC(=O)C2CCN(c3ncccc3S(=O)(=O)N3CCCCC3)CC2)cc1. The number of anilines is 2. The lowest BCUT2D eigenvalue weighted by Crippen LogP contribution is -2.40. The van der Waals surface area contributed by atoms with E-state index < -0.39 is 16.0 Å². The molecule has 0 aliphatic carbocycles. The average Bonchev–Trinajstić information content (AvgIpc) is 2.89. The van der Waals surface area contributed by atoms with Gasteiger partial charge in [0.15, 0.2) is 0 Å². The van der Waals surface area contributed by atoms with E-state index in [1.165, 1.54) is 7.11 Å². The zero-order valence-corrected chi connectivity index (χ0v) is 20.1. The maximum atomic E-state index is 13.3. The molecule has 10 heteroatoms. The van der Waals surface area contributed by atoms with Gasteiger partial charge in [-0.1, -0.05) is 6.42 Å². The van der Waals surface area contributed by atoms with Crippen molar-refractivity contribution in [3.05, 3.63) is 48.2 Å². The predicted octanol–water partition coefficient (Wildman–Crippen LogP) is 2.90. The van der Waals surface area contributed by atoms with Crippen LogP contribution in [0.15, 0.2) is 47.5 Å². The van der Waals surface area contributed by atoms with Crippen LogP contribution in [0.2, 0.25) is 0 Å². The normalized spacial score (nSPS) is 17.9. The van der Waals surface area contributed by atoms with Gasteiger partial charge in [0.2, 0.25) is 15.9 Å². The lowest BCUT2D eigenvalue weighted by atomic mass is 9.95. The number of nitrogens with one attached hydrogen (secondary N) is 1. The molecule has 4 rings (SSSR count). The van der Waals surface area contributed by atoms with Gasteiger partial charge in [-0.15, -0.1) is 0 Å². The van der Waals surface area contributed by atoms with Crippen LogP contribution in [0.5, 0.6) is 0 Å². The van der Waals surface area contributed by atoms with Crippen LogP contribution in [-0.4, -0.2) is 62.9 Å². The molecule has 1 amide bonds. The number of methoxy groups -OCH3 is 1. The molecular weight excluding hydrogens is 456 g/mol. The molecule has 2 aromatic rings. The van der Waals surface area contributed by atoms with E-state index in [4.69, 9.17) is 0 Å². The monoisotopic (exact) mass is 486 g/mol. The summed E-state index contributed by atoms with van der Waals surface area (Å²) in [4.78, 5) is 31.0. The number of aromatic nitrogens is 1. The summed E-state index contributed by atoms with van der Waals surface area (Å²) in [6, 6.07) is 9.84. The number of carbonyl (C=O) groups excluding carboxylic acids is 2. The highest BCUT2D eigenvalue weighted by atomic mass is 32.2. The second kappa shape index (κ2) is 10.5. The van der Waals surface area contributed by atoms with Gasteiger partial charge in [0.1, 0.15) is 10.7 Å². The van der Waals surface area contributed by atoms with Gasteiger partial charge in [-0.25, -0.2) is 18.2 Å². The van der Waals surface area contributed by atoms with Crippen LogP contribution >= 0.6 is 0 Å². The number of hydrogen-bond acceptors (Lipinski definition) is 7. The molecule has 0 saturated carbocycles. The van der Waals surface area contributed by atoms with Crippen molar-refractivity contribution in [2.24, 2.45) is 5.92 Å². The fraction of sp³-hybridized carbons (Fsp3) is 0.458. The van der Waals surface area contributed by atoms with Crippen molar-refractivity contribution >= 4 is 33.4 Å². The second-order valence-corrected chi connectivity index (χ2v) is 10.5. The first-order valence-electron chi connectivity index (χ1n) is 11.6. The number of benzene rings is 1. The Hall–Kier alpha value is -2.98. The van der Waals surface area contributed by atoms with Gasteiger partial charge in [-0.05, 0) is 62.1 Å². The molecular formula is C24H30N4O5S. The minimum Gasteiger partial charge on any atom is -0.465 e. The maximum absolute atomic E-state index is 13.3. The first kappa shape index (κ1) is 24.2. The number of rotatable bonds is 6. The summed E-state index contributed by atoms with van der Waals surface area (Å²) in [5.41, 5.74) is 1.03. The first-order chi connectivity index (χ1) is 16.4. The maximum Gasteiger partial charge on any atom is 0.337 e. The van der Waals surface area contributed by atoms with Crippen molar-refractivity contribution in [1.29, 1.82) is 0 Å². The lowest BCUT2D eigenvalue weighted by Gasteiger charge is -2.34. The number of piperidine rings is 2. The summed E-state index contributed by atoms with van der Waals surface area (Å²) in [7, 11) is -2.29. The van der Waals surface area contributed by atoms with Gasteiger partial charge in [-0.3, -0.25) is 4.79 Å². The molecule has 0 unspecified atom stereocenters. The Labute approximate surface area is 200 Å². The third-order valence-electron chi connectivity index (χ3n) is 6.42. The third-order valence-corrected chi connectivity index (χ3v) is 8.34. The van der Waals surface area contributed by atoms with Crippen molar-refractivity contribution in [1.82, 2.24) is 9.29 Å². The number of ether oxygens (including phenoxy) is 1. The van der Waals surface area contributed by atoms with Gasteiger partial charge in [0, 0.05) is 44.0 Å². The van der Waals surface area contributed by atoms with E-state index in [-0.39, 0.29) is 16.7 Å². The zero-order valence-electron chi connectivity index (χ0n) is 19.3. The summed E-state index contributed by atoms with van der Waals surface area (Å²) in [6.07, 6.45) is 5.59. The number of sulfonamides is 1. The average molecular weight is 487 g/mol. The number of amides is 1. The zero-order chi connectivity index (χ0) is 24.1. The molecule has 182 valence electrons. The topological polar surface area (TPSA) is 109 Å². The minimum atomic E-state index is -3.61. The van der Waals surface area contributed by atoms with E-state index in [0.29, 0.717) is 56.1 Å². The predicted molar refractivity (Wildman–Crippen MR) is 128 cm³/mol. The van der Waals surface area contributed by atoms with Crippen molar-refractivity contribution in [2.45, 2.75) is 37.0 Å². The molecule has 9 nitrogen and oxygen atoms in total. The molecule has 0 atom stereocenters. The van der Waals surface area contributed by atoms with Crippen LogP contribution in [0, 0.1) is 5.92 Å². The quantitative estimate of drug-likeness (QED) is 0.626. The minimum absolute atomic E-state index is 0.0901. The van der Waals surface area contributed by atoms with Gasteiger partial charge in [0.25, 0.3) is 0 Å². The largest absolute Gasteiger partial charge is 0.465 e. The first-order valence-corrected chi connectivity index (χ1v) is 13.0. The highest BCUT2D eigenvalue weighted by Crippen LogP contribution is 2.30. The smallest absolute Gasteiger partial charge is 0.337 e. The Balaban J connectivity index is 1.39. The van der Waals surface area contributed by atoms with Crippen LogP contribution in [0.1, 0.15) is 42.5 Å². The number of hydrogen-bond donors (Lipinski definition) is 1. The van der Waals surface area contributed by atoms with Gasteiger partial charge < -0.3 is 15.0 Å². The summed E-state index contributed by atoms with van der Waals surface area (Å²) in [5.74, 6) is -0.248. The van der Waals surface area contributed by atoms with Crippen LogP contribution in [0.3, 0.4) is 0 Å². The molecule has 2 fully saturated rings. The Kier molecular flexibility index (Phi) is 7.47. The third kappa shape index (κ3) is 5.23. The number of esters is 1. The second-order valence-electron chi connectivity index (χ2n) is 8.61. The molecule has 1 aromatic heterocycles. The molecule has 1 N–H and O–H groups in total. The van der Waals surface area contributed by atoms with Gasteiger partial charge >= 0.3 is 5.97 Å². The summed E-state index contributed by atoms with van der Waals surface area (Å²) >= 11 is 0. The summed E-state index contributed by atoms with van der Waals surface area (Å²) in [5, 5.41) is 2.90. The number of nitrogens with zero attached hydrogens (tertiary/aromatic N) is 3. The van der Waals surface area contributed by atoms with Crippen molar-refractivity contribution in [3.63, 3.8) is 0 Å². The van der Waals surface area contributed by atoms with Crippen LogP contribution < -0.4 is 10.2 Å². The van der Waals surface area contributed by atoms with Crippen LogP contribution in [0.25, 0.3) is 0 Å². The van der Waals surface area contributed by atoms with Crippen molar-refractivity contribution in [2.75, 3.05) is 43.5 Å². The summed E-state index contributed by atoms with van der Waals surface area (Å²) < 4.78 is 32.8. The Morgan fingerprint density at radius 2 is 1.68 bits per heavy atom. The Morgan fingerprint density at radius 3 is 2.32 bits per heavy atom. The molecule has 1 aromatic carbocycles. The standard InChI is InChI=1S/C24H30N4O5S/c1-33-24(30)19-7-9-20(10-8-19)26-23(29)18-11-16-27(17-12-18)22-21(6-5-13-25-22)34(31,32)28-14-3-2-4-15-28/h5-10,13,18H,2-4,11-12,14-17H2,1H3,(H,26,29). The molecule has 3 heterocycles. The van der Waals surface area contributed by atoms with E-state index in [1.54, 1.807) is 46.9 Å². The van der Waals surface area contributed by atoms with E-state index in [2.05, 4.69) is 15.0 Å². The van der Waals surface area contributed by atoms with E-state index >= 15 is 0 Å². The van der Waals surface area contributed by atoms with Crippen LogP contribution in [-0.2, 0) is 19.6 Å². The molecule has 0 spiro atoms. The van der Waals surface area contributed by atoms with E-state index in [1.807, 2.05) is 4.90 Å². The molecule has 2 saturated heterocycles. The lowest BCUT2D eigenvalue weighted by molar-refractivity contribution is -0.120. The van der Waals surface area contributed by atoms with Gasteiger partial charge in [-0.2, -0.15) is 4.31 Å². The van der Waals surface area contributed by atoms with Gasteiger partial charge in [0.05, 0.1) is 12.7 Å². The Morgan fingerprint density at radius 1 is 1.00 bits per heavy atom. The van der Waals surface area contributed by atoms with Crippen LogP contribution in [0.4, 0.5) is 11.5 Å². The summed E-state index contributed by atoms with van der Waals surface area (Å²) in [6.45, 7) is 2.16. The molecule has 2 aliphatic heterocycles. The van der Waals surface area contributed by atoms with Crippen molar-refractivity contribution in [3.8, 4) is 0 Å². The highest BCUT2D eigenvalue weighted by molar-refractivity contribution is 7.89. The Bertz CT molecular complexity index is 1120. The van der Waals surface area contributed by atoms with Crippen molar-refractivity contribution < 1.29 is 22.7 Å². The van der Waals surface area contributed by atoms with E-state index in [9.17, 15) is 18.0 Å². The highest BCUT2D eigenvalue weighted by Gasteiger charge is 2.32. The van der Waals surface area contributed by atoms with E-state index in [0.717, 1.165) is 19.3 Å². The number of carbonyl (C=O) groups is 2. The fourth-order valence-electron chi connectivity index (χ4n) is 4.47. The molecule has 0 bridgehead atoms. The molecule has 2 aliphatic rings. The molecule has 0 radical (unpaired) electrons. The number of pyridine rings is 1. The molecule has 34 heavy (non-hydrogen) atoms. The fourth-order valence-corrected chi connectivity index (χ4v) is 6.15.